The van der Waals surface area contributed by atoms with E-state index in [1.54, 1.807) is 19.2 Å². The zero-order valence-electron chi connectivity index (χ0n) is 15.6. The summed E-state index contributed by atoms with van der Waals surface area (Å²) in [6.45, 7) is 3.72. The largest absolute Gasteiger partial charge is 0.381 e. The molecule has 0 saturated carbocycles. The van der Waals surface area contributed by atoms with Crippen molar-refractivity contribution in [3.05, 3.63) is 30.1 Å². The number of urea groups is 1. The molecule has 0 radical (unpaired) electrons. The van der Waals surface area contributed by atoms with Gasteiger partial charge in [0, 0.05) is 45.0 Å². The number of halogens is 1. The Morgan fingerprint density at radius 3 is 2.73 bits per heavy atom. The Morgan fingerprint density at radius 2 is 2.00 bits per heavy atom. The van der Waals surface area contributed by atoms with Gasteiger partial charge < -0.3 is 19.9 Å². The fourth-order valence-electron chi connectivity index (χ4n) is 4.02. The summed E-state index contributed by atoms with van der Waals surface area (Å²) in [4.78, 5) is 17.2. The van der Waals surface area contributed by atoms with E-state index in [1.165, 1.54) is 12.1 Å². The highest BCUT2D eigenvalue weighted by Gasteiger charge is 2.29. The molecule has 1 unspecified atom stereocenters. The Balaban J connectivity index is 1.61. The number of likely N-dealkylation sites (tertiary alicyclic amines) is 2. The SMILES string of the molecule is COC1CCN(CC2CCCCCN2C(=O)Nc2cccc(F)c2)CC1. The summed E-state index contributed by atoms with van der Waals surface area (Å²) in [5.41, 5.74) is 0.513. The normalized spacial score (nSPS) is 22.8. The number of benzene rings is 1. The van der Waals surface area contributed by atoms with Crippen molar-refractivity contribution in [3.8, 4) is 0 Å². The predicted molar refractivity (Wildman–Crippen MR) is 101 cm³/mol. The minimum absolute atomic E-state index is 0.116. The van der Waals surface area contributed by atoms with Gasteiger partial charge >= 0.3 is 6.03 Å². The van der Waals surface area contributed by atoms with Crippen molar-refractivity contribution in [2.24, 2.45) is 0 Å². The fraction of sp³-hybridized carbons (Fsp3) is 0.650. The molecule has 2 amide bonds. The molecule has 0 aliphatic carbocycles. The molecule has 2 aliphatic heterocycles. The van der Waals surface area contributed by atoms with Crippen LogP contribution in [0.25, 0.3) is 0 Å². The number of carbonyl (C=O) groups is 1. The lowest BCUT2D eigenvalue weighted by atomic mass is 10.0. The quantitative estimate of drug-likeness (QED) is 0.887. The first-order valence-corrected chi connectivity index (χ1v) is 9.74. The molecule has 3 rings (SSSR count). The molecule has 2 fully saturated rings. The molecule has 1 atom stereocenters. The van der Waals surface area contributed by atoms with Crippen molar-refractivity contribution >= 4 is 11.7 Å². The van der Waals surface area contributed by atoms with Crippen molar-refractivity contribution in [2.45, 2.75) is 50.7 Å². The molecule has 144 valence electrons. The number of nitrogens with one attached hydrogen (secondary N) is 1. The van der Waals surface area contributed by atoms with Gasteiger partial charge in [-0.2, -0.15) is 0 Å². The number of amides is 2. The predicted octanol–water partition coefficient (Wildman–Crippen LogP) is 3.71. The van der Waals surface area contributed by atoms with Crippen LogP contribution >= 0.6 is 0 Å². The molecular formula is C20H30FN3O2. The van der Waals surface area contributed by atoms with Crippen LogP contribution in [0.15, 0.2) is 24.3 Å². The maximum absolute atomic E-state index is 13.4. The zero-order valence-corrected chi connectivity index (χ0v) is 15.6. The second-order valence-corrected chi connectivity index (χ2v) is 7.37. The summed E-state index contributed by atoms with van der Waals surface area (Å²) in [5, 5.41) is 2.87. The molecule has 6 heteroatoms. The summed E-state index contributed by atoms with van der Waals surface area (Å²) in [6.07, 6.45) is 6.85. The average Bonchev–Trinajstić information content (AvgIpc) is 2.88. The number of anilines is 1. The van der Waals surface area contributed by atoms with Crippen molar-refractivity contribution in [2.75, 3.05) is 38.6 Å². The van der Waals surface area contributed by atoms with E-state index < -0.39 is 0 Å². The van der Waals surface area contributed by atoms with Crippen LogP contribution in [0.4, 0.5) is 14.9 Å². The van der Waals surface area contributed by atoms with Crippen LogP contribution in [0.3, 0.4) is 0 Å². The molecule has 1 aromatic rings. The molecule has 1 N–H and O–H groups in total. The van der Waals surface area contributed by atoms with Crippen molar-refractivity contribution in [1.29, 1.82) is 0 Å². The van der Waals surface area contributed by atoms with Gasteiger partial charge in [-0.3, -0.25) is 0 Å². The third-order valence-electron chi connectivity index (χ3n) is 5.55. The van der Waals surface area contributed by atoms with Gasteiger partial charge in [0.2, 0.25) is 0 Å². The summed E-state index contributed by atoms with van der Waals surface area (Å²) >= 11 is 0. The molecule has 2 aliphatic rings. The van der Waals surface area contributed by atoms with Crippen LogP contribution in [-0.4, -0.2) is 61.3 Å². The van der Waals surface area contributed by atoms with E-state index in [2.05, 4.69) is 10.2 Å². The standard InChI is InChI=1S/C20H30FN3O2/c1-26-19-9-12-23(13-10-19)15-18-8-3-2-4-11-24(18)20(25)22-17-7-5-6-16(21)14-17/h5-7,14,18-19H,2-4,8-13,15H2,1H3,(H,22,25). The lowest BCUT2D eigenvalue weighted by molar-refractivity contribution is 0.0336. The Kier molecular flexibility index (Phi) is 6.86. The van der Waals surface area contributed by atoms with Gasteiger partial charge in [-0.1, -0.05) is 18.9 Å². The Morgan fingerprint density at radius 1 is 1.19 bits per heavy atom. The minimum Gasteiger partial charge on any atom is -0.381 e. The van der Waals surface area contributed by atoms with Crippen molar-refractivity contribution < 1.29 is 13.9 Å². The highest BCUT2D eigenvalue weighted by Crippen LogP contribution is 2.22. The third-order valence-corrected chi connectivity index (χ3v) is 5.55. The first-order valence-electron chi connectivity index (χ1n) is 9.74. The number of nitrogens with zero attached hydrogens (tertiary/aromatic N) is 2. The molecule has 0 spiro atoms. The lowest BCUT2D eigenvalue weighted by Gasteiger charge is -2.37. The van der Waals surface area contributed by atoms with E-state index in [0.717, 1.165) is 64.7 Å². The highest BCUT2D eigenvalue weighted by atomic mass is 19.1. The number of methoxy groups -OCH3 is 1. The van der Waals surface area contributed by atoms with E-state index in [4.69, 9.17) is 4.74 Å². The average molecular weight is 363 g/mol. The smallest absolute Gasteiger partial charge is 0.322 e. The third kappa shape index (κ3) is 5.17. The number of piperidine rings is 1. The Hall–Kier alpha value is -1.66. The van der Waals surface area contributed by atoms with Gasteiger partial charge in [-0.15, -0.1) is 0 Å². The van der Waals surface area contributed by atoms with Crippen LogP contribution in [0.1, 0.15) is 38.5 Å². The molecule has 2 saturated heterocycles. The number of hydrogen-bond acceptors (Lipinski definition) is 3. The van der Waals surface area contributed by atoms with Gasteiger partial charge in [-0.25, -0.2) is 9.18 Å². The van der Waals surface area contributed by atoms with Gasteiger partial charge in [0.25, 0.3) is 0 Å². The Bertz CT molecular complexity index is 590. The van der Waals surface area contributed by atoms with Gasteiger partial charge in [0.15, 0.2) is 0 Å². The molecule has 0 aromatic heterocycles. The molecule has 0 bridgehead atoms. The lowest BCUT2D eigenvalue weighted by Crippen LogP contribution is -2.50. The van der Waals surface area contributed by atoms with E-state index in [0.29, 0.717) is 11.8 Å². The number of ether oxygens (including phenoxy) is 1. The minimum atomic E-state index is -0.337. The second-order valence-electron chi connectivity index (χ2n) is 7.37. The molecule has 2 heterocycles. The van der Waals surface area contributed by atoms with E-state index in [9.17, 15) is 9.18 Å². The van der Waals surface area contributed by atoms with Crippen LogP contribution in [0, 0.1) is 5.82 Å². The van der Waals surface area contributed by atoms with Gasteiger partial charge in [0.1, 0.15) is 5.82 Å². The van der Waals surface area contributed by atoms with E-state index in [-0.39, 0.29) is 17.9 Å². The van der Waals surface area contributed by atoms with E-state index >= 15 is 0 Å². The zero-order chi connectivity index (χ0) is 18.4. The van der Waals surface area contributed by atoms with Crippen molar-refractivity contribution in [3.63, 3.8) is 0 Å². The van der Waals surface area contributed by atoms with Crippen LogP contribution in [-0.2, 0) is 4.74 Å². The first-order chi connectivity index (χ1) is 12.7. The molecular weight excluding hydrogens is 333 g/mol. The second kappa shape index (κ2) is 9.33. The number of rotatable bonds is 4. The van der Waals surface area contributed by atoms with Crippen molar-refractivity contribution in [1.82, 2.24) is 9.80 Å². The summed E-state index contributed by atoms with van der Waals surface area (Å²) < 4.78 is 18.8. The fourth-order valence-corrected chi connectivity index (χ4v) is 4.02. The molecule has 26 heavy (non-hydrogen) atoms. The monoisotopic (exact) mass is 363 g/mol. The first kappa shape index (κ1) is 19.1. The van der Waals surface area contributed by atoms with Crippen LogP contribution in [0.5, 0.6) is 0 Å². The summed E-state index contributed by atoms with van der Waals surface area (Å²) in [6, 6.07) is 6.18. The van der Waals surface area contributed by atoms with Crippen LogP contribution < -0.4 is 5.32 Å². The van der Waals surface area contributed by atoms with Gasteiger partial charge in [0.05, 0.1) is 6.10 Å². The molecule has 5 nitrogen and oxygen atoms in total. The number of carbonyl (C=O) groups excluding carboxylic acids is 1. The topological polar surface area (TPSA) is 44.8 Å². The summed E-state index contributed by atoms with van der Waals surface area (Å²) in [5.74, 6) is -0.337. The van der Waals surface area contributed by atoms with Gasteiger partial charge in [-0.05, 0) is 43.9 Å². The maximum Gasteiger partial charge on any atom is 0.322 e. The maximum atomic E-state index is 13.4. The van der Waals surface area contributed by atoms with Crippen LogP contribution in [0.2, 0.25) is 0 Å². The molecule has 1 aromatic carbocycles. The number of hydrogen-bond donors (Lipinski definition) is 1. The van der Waals surface area contributed by atoms with E-state index in [1.807, 2.05) is 4.90 Å². The highest BCUT2D eigenvalue weighted by molar-refractivity contribution is 5.89. The Labute approximate surface area is 155 Å². The summed E-state index contributed by atoms with van der Waals surface area (Å²) in [7, 11) is 1.78.